The molecule has 1 unspecified atom stereocenters. The Labute approximate surface area is 74.6 Å². The summed E-state index contributed by atoms with van der Waals surface area (Å²) in [4.78, 5) is 2.47. The van der Waals surface area contributed by atoms with Gasteiger partial charge < -0.3 is 4.90 Å². The Kier molecular flexibility index (Phi) is 2.67. The third-order valence-corrected chi connectivity index (χ3v) is 2.78. The quantitative estimate of drug-likeness (QED) is 0.589. The van der Waals surface area contributed by atoms with Gasteiger partial charge in [-0.15, -0.1) is 0 Å². The van der Waals surface area contributed by atoms with Gasteiger partial charge in [0.15, 0.2) is 0 Å². The highest BCUT2D eigenvalue weighted by Gasteiger charge is 2.17. The molecule has 1 saturated heterocycles. The van der Waals surface area contributed by atoms with E-state index in [0.29, 0.717) is 6.17 Å². The first-order chi connectivity index (χ1) is 5.97. The molecule has 1 N–H and O–H groups in total. The second-order valence-corrected chi connectivity index (χ2v) is 3.73. The fourth-order valence-electron chi connectivity index (χ4n) is 2.07. The minimum Gasteiger partial charge on any atom is -0.362 e. The number of hydrogen-bond donors (Lipinski definition) is 1. The van der Waals surface area contributed by atoms with Crippen LogP contribution in [0.4, 0.5) is 0 Å². The molecule has 12 heavy (non-hydrogen) atoms. The zero-order valence-corrected chi connectivity index (χ0v) is 7.63. The normalized spacial score (nSPS) is 30.7. The van der Waals surface area contributed by atoms with Gasteiger partial charge in [-0.05, 0) is 31.9 Å². The van der Waals surface area contributed by atoms with E-state index in [0.717, 1.165) is 6.54 Å². The van der Waals surface area contributed by atoms with Gasteiger partial charge >= 0.3 is 0 Å². The van der Waals surface area contributed by atoms with Crippen molar-refractivity contribution in [2.45, 2.75) is 38.3 Å². The smallest absolute Gasteiger partial charge is 0.0790 e. The lowest BCUT2D eigenvalue weighted by atomic mass is 10.2. The van der Waals surface area contributed by atoms with Crippen molar-refractivity contribution in [1.82, 2.24) is 10.2 Å². The minimum atomic E-state index is 0.631. The molecule has 1 fully saturated rings. The fraction of sp³-hybridized carbons (Fsp3) is 0.800. The molecule has 2 rings (SSSR count). The molecule has 0 spiro atoms. The molecule has 2 heteroatoms. The average Bonchev–Trinajstić information content (AvgIpc) is 2.38. The van der Waals surface area contributed by atoms with Crippen LogP contribution in [0.25, 0.3) is 0 Å². The van der Waals surface area contributed by atoms with Crippen LogP contribution in [0.5, 0.6) is 0 Å². The number of fused-ring (bicyclic) bond motifs is 1. The molecule has 2 aliphatic rings. The summed E-state index contributed by atoms with van der Waals surface area (Å²) in [6.07, 6.45) is 11.9. The van der Waals surface area contributed by atoms with Crippen LogP contribution in [-0.4, -0.2) is 24.2 Å². The Morgan fingerprint density at radius 3 is 3.25 bits per heavy atom. The van der Waals surface area contributed by atoms with Crippen LogP contribution < -0.4 is 5.32 Å². The molecule has 68 valence electrons. The fourth-order valence-corrected chi connectivity index (χ4v) is 2.07. The first kappa shape index (κ1) is 8.11. The maximum Gasteiger partial charge on any atom is 0.0790 e. The van der Waals surface area contributed by atoms with Gasteiger partial charge in [-0.1, -0.05) is 12.5 Å². The lowest BCUT2D eigenvalue weighted by Gasteiger charge is -2.27. The summed E-state index contributed by atoms with van der Waals surface area (Å²) in [6.45, 7) is 2.39. The highest BCUT2D eigenvalue weighted by atomic mass is 15.3. The topological polar surface area (TPSA) is 15.3 Å². The maximum atomic E-state index is 3.59. The Morgan fingerprint density at radius 2 is 2.25 bits per heavy atom. The maximum absolute atomic E-state index is 3.59. The Morgan fingerprint density at radius 1 is 1.25 bits per heavy atom. The van der Waals surface area contributed by atoms with Crippen LogP contribution in [0.1, 0.15) is 32.1 Å². The number of rotatable bonds is 0. The minimum absolute atomic E-state index is 0.631. The van der Waals surface area contributed by atoms with E-state index in [1.54, 1.807) is 0 Å². The highest BCUT2D eigenvalue weighted by Crippen LogP contribution is 2.16. The molecular weight excluding hydrogens is 148 g/mol. The van der Waals surface area contributed by atoms with E-state index < -0.39 is 0 Å². The molecule has 0 radical (unpaired) electrons. The number of nitrogens with one attached hydrogen (secondary N) is 1. The van der Waals surface area contributed by atoms with Crippen molar-refractivity contribution >= 4 is 0 Å². The molecule has 0 amide bonds. The van der Waals surface area contributed by atoms with Crippen molar-refractivity contribution in [3.05, 3.63) is 12.3 Å². The first-order valence-electron chi connectivity index (χ1n) is 5.12. The summed E-state index contributed by atoms with van der Waals surface area (Å²) < 4.78 is 0. The summed E-state index contributed by atoms with van der Waals surface area (Å²) in [6, 6.07) is 0. The molecular formula is C10H18N2. The van der Waals surface area contributed by atoms with Gasteiger partial charge in [-0.3, -0.25) is 5.32 Å². The van der Waals surface area contributed by atoms with Crippen molar-refractivity contribution in [1.29, 1.82) is 0 Å². The van der Waals surface area contributed by atoms with Gasteiger partial charge in [0.25, 0.3) is 0 Å². The lowest BCUT2D eigenvalue weighted by Crippen LogP contribution is -2.41. The van der Waals surface area contributed by atoms with Crippen molar-refractivity contribution in [3.8, 4) is 0 Å². The Hall–Kier alpha value is -0.500. The van der Waals surface area contributed by atoms with Gasteiger partial charge in [0, 0.05) is 13.1 Å². The molecule has 0 aromatic heterocycles. The molecule has 2 heterocycles. The van der Waals surface area contributed by atoms with Crippen molar-refractivity contribution in [3.63, 3.8) is 0 Å². The molecule has 0 bridgehead atoms. The van der Waals surface area contributed by atoms with E-state index in [1.165, 1.54) is 38.6 Å². The molecule has 0 saturated carbocycles. The lowest BCUT2D eigenvalue weighted by molar-refractivity contribution is 0.244. The van der Waals surface area contributed by atoms with Gasteiger partial charge in [0.2, 0.25) is 0 Å². The monoisotopic (exact) mass is 166 g/mol. The summed E-state index contributed by atoms with van der Waals surface area (Å²) in [7, 11) is 0. The van der Waals surface area contributed by atoms with E-state index >= 15 is 0 Å². The van der Waals surface area contributed by atoms with E-state index in [4.69, 9.17) is 0 Å². The molecule has 0 aliphatic carbocycles. The molecule has 1 atom stereocenters. The summed E-state index contributed by atoms with van der Waals surface area (Å²) in [5, 5.41) is 3.59. The van der Waals surface area contributed by atoms with E-state index in [1.807, 2.05) is 0 Å². The predicted molar refractivity (Wildman–Crippen MR) is 50.7 cm³/mol. The standard InChI is InChI=1S/C10H18N2/c1-2-6-10-11-7-3-5-9-12(10)8-4-1/h5,9-11H,1-4,6-8H2. The average molecular weight is 166 g/mol. The molecule has 0 aromatic rings. The third kappa shape index (κ3) is 1.81. The zero-order chi connectivity index (χ0) is 8.23. The summed E-state index contributed by atoms with van der Waals surface area (Å²) in [5.74, 6) is 0. The first-order valence-corrected chi connectivity index (χ1v) is 5.12. The number of nitrogens with zero attached hydrogens (tertiary/aromatic N) is 1. The molecule has 2 aliphatic heterocycles. The summed E-state index contributed by atoms with van der Waals surface area (Å²) in [5.41, 5.74) is 0. The van der Waals surface area contributed by atoms with E-state index in [2.05, 4.69) is 22.5 Å². The SMILES string of the molecule is C1=CN2CCCCCC2NCC1. The third-order valence-electron chi connectivity index (χ3n) is 2.78. The van der Waals surface area contributed by atoms with Crippen LogP contribution >= 0.6 is 0 Å². The van der Waals surface area contributed by atoms with Crippen LogP contribution in [0, 0.1) is 0 Å². The van der Waals surface area contributed by atoms with Crippen LogP contribution in [-0.2, 0) is 0 Å². The van der Waals surface area contributed by atoms with Crippen molar-refractivity contribution in [2.75, 3.05) is 13.1 Å². The Balaban J connectivity index is 2.02. The van der Waals surface area contributed by atoms with Gasteiger partial charge in [0.05, 0.1) is 6.17 Å². The second-order valence-electron chi connectivity index (χ2n) is 3.73. The van der Waals surface area contributed by atoms with Crippen molar-refractivity contribution in [2.24, 2.45) is 0 Å². The molecule has 0 aromatic carbocycles. The second kappa shape index (κ2) is 3.94. The van der Waals surface area contributed by atoms with Gasteiger partial charge in [-0.2, -0.15) is 0 Å². The Bertz CT molecular complexity index is 165. The predicted octanol–water partition coefficient (Wildman–Crippen LogP) is 1.70. The number of hydrogen-bond acceptors (Lipinski definition) is 2. The van der Waals surface area contributed by atoms with Gasteiger partial charge in [-0.25, -0.2) is 0 Å². The van der Waals surface area contributed by atoms with Crippen LogP contribution in [0.3, 0.4) is 0 Å². The van der Waals surface area contributed by atoms with E-state index in [9.17, 15) is 0 Å². The van der Waals surface area contributed by atoms with Crippen molar-refractivity contribution < 1.29 is 0 Å². The van der Waals surface area contributed by atoms with Crippen LogP contribution in [0.15, 0.2) is 12.3 Å². The van der Waals surface area contributed by atoms with E-state index in [-0.39, 0.29) is 0 Å². The highest BCUT2D eigenvalue weighted by molar-refractivity contribution is 4.91. The molecule has 2 nitrogen and oxygen atoms in total. The van der Waals surface area contributed by atoms with Gasteiger partial charge in [0.1, 0.15) is 0 Å². The summed E-state index contributed by atoms with van der Waals surface area (Å²) >= 11 is 0. The zero-order valence-electron chi connectivity index (χ0n) is 7.63. The largest absolute Gasteiger partial charge is 0.362 e. The van der Waals surface area contributed by atoms with Crippen LogP contribution in [0.2, 0.25) is 0 Å².